The van der Waals surface area contributed by atoms with Crippen LogP contribution in [0, 0.1) is 5.82 Å². The molecule has 2 saturated heterocycles. The van der Waals surface area contributed by atoms with E-state index in [0.29, 0.717) is 31.3 Å². The highest BCUT2D eigenvalue weighted by Crippen LogP contribution is 2.40. The molecule has 2 fully saturated rings. The van der Waals surface area contributed by atoms with E-state index in [1.165, 1.54) is 11.6 Å². The zero-order valence-corrected chi connectivity index (χ0v) is 19.7. The Morgan fingerprint density at radius 1 is 0.824 bits per heavy atom. The largest absolute Gasteiger partial charge is 0.494 e. The topological polar surface area (TPSA) is 46.6 Å². The predicted octanol–water partition coefficient (Wildman–Crippen LogP) is 3.02. The highest BCUT2D eigenvalue weighted by molar-refractivity contribution is 5.65. The molecule has 0 unspecified atom stereocenters. The molecule has 0 saturated carbocycles. The summed E-state index contributed by atoms with van der Waals surface area (Å²) in [5, 5.41) is 0. The highest BCUT2D eigenvalue weighted by atomic mass is 19.1. The Hall–Kier alpha value is -2.55. The fourth-order valence-electron chi connectivity index (χ4n) is 4.74. The van der Waals surface area contributed by atoms with Gasteiger partial charge in [0, 0.05) is 64.5 Å². The Bertz CT molecular complexity index is 928. The van der Waals surface area contributed by atoms with Gasteiger partial charge in [-0.1, -0.05) is 12.1 Å². The number of fused-ring (bicyclic) bond motifs is 1. The molecule has 2 aromatic carbocycles. The molecule has 3 aliphatic rings. The van der Waals surface area contributed by atoms with Crippen LogP contribution < -0.4 is 19.1 Å². The maximum absolute atomic E-state index is 14.1. The molecule has 3 aliphatic heterocycles. The lowest BCUT2D eigenvalue weighted by molar-refractivity contribution is 0.0342. The van der Waals surface area contributed by atoms with Gasteiger partial charge in [0.25, 0.3) is 0 Å². The quantitative estimate of drug-likeness (QED) is 0.549. The number of nitrogens with zero attached hydrogens (tertiary/aromatic N) is 3. The molecule has 0 atom stereocenters. The van der Waals surface area contributed by atoms with E-state index < -0.39 is 0 Å². The first kappa shape index (κ1) is 23.2. The molecule has 3 heterocycles. The summed E-state index contributed by atoms with van der Waals surface area (Å²) in [5.74, 6) is 1.82. The monoisotopic (exact) mass is 471 g/mol. The van der Waals surface area contributed by atoms with Crippen LogP contribution in [0.4, 0.5) is 10.1 Å². The maximum Gasteiger partial charge on any atom is 0.184 e. The third-order valence-electron chi connectivity index (χ3n) is 6.62. The van der Waals surface area contributed by atoms with E-state index in [2.05, 4.69) is 39.0 Å². The molecule has 0 aromatic heterocycles. The van der Waals surface area contributed by atoms with Crippen molar-refractivity contribution in [2.45, 2.75) is 13.0 Å². The van der Waals surface area contributed by atoms with Crippen molar-refractivity contribution in [1.29, 1.82) is 0 Å². The number of halogens is 1. The van der Waals surface area contributed by atoms with Crippen LogP contribution in [-0.4, -0.2) is 88.6 Å². The second-order valence-electron chi connectivity index (χ2n) is 9.01. The van der Waals surface area contributed by atoms with Crippen LogP contribution in [0.1, 0.15) is 12.0 Å². The van der Waals surface area contributed by atoms with E-state index in [4.69, 9.17) is 18.9 Å². The van der Waals surface area contributed by atoms with E-state index >= 15 is 0 Å². The van der Waals surface area contributed by atoms with Gasteiger partial charge in [0.2, 0.25) is 0 Å². The highest BCUT2D eigenvalue weighted by Gasteiger charge is 2.25. The first-order valence-corrected chi connectivity index (χ1v) is 12.3. The number of rotatable bonds is 8. The molecule has 0 spiro atoms. The fourth-order valence-corrected chi connectivity index (χ4v) is 4.74. The second-order valence-corrected chi connectivity index (χ2v) is 9.01. The van der Waals surface area contributed by atoms with Gasteiger partial charge < -0.3 is 23.8 Å². The lowest BCUT2D eigenvalue weighted by Crippen LogP contribution is -2.47. The van der Waals surface area contributed by atoms with Crippen LogP contribution in [0.25, 0.3) is 0 Å². The summed E-state index contributed by atoms with van der Waals surface area (Å²) < 4.78 is 36.8. The molecule has 0 N–H and O–H groups in total. The van der Waals surface area contributed by atoms with Gasteiger partial charge in [-0.3, -0.25) is 9.80 Å². The molecule has 0 radical (unpaired) electrons. The van der Waals surface area contributed by atoms with E-state index in [1.807, 2.05) is 0 Å². The van der Waals surface area contributed by atoms with Crippen LogP contribution in [0.2, 0.25) is 0 Å². The smallest absolute Gasteiger partial charge is 0.184 e. The SMILES string of the molecule is Fc1cc2c(c(N3CCN(CCCOc4ccc(CN5CCOCC5)cc4)CC3)c1)OCCO2. The second kappa shape index (κ2) is 11.3. The van der Waals surface area contributed by atoms with E-state index in [1.54, 1.807) is 6.07 Å². The van der Waals surface area contributed by atoms with Crippen molar-refractivity contribution in [3.8, 4) is 17.2 Å². The average Bonchev–Trinajstić information content (AvgIpc) is 2.88. The van der Waals surface area contributed by atoms with Crippen LogP contribution in [0.15, 0.2) is 36.4 Å². The van der Waals surface area contributed by atoms with Crippen molar-refractivity contribution < 1.29 is 23.3 Å². The van der Waals surface area contributed by atoms with Crippen molar-refractivity contribution in [1.82, 2.24) is 9.80 Å². The van der Waals surface area contributed by atoms with Crippen LogP contribution in [0.5, 0.6) is 17.2 Å². The van der Waals surface area contributed by atoms with E-state index in [-0.39, 0.29) is 5.82 Å². The molecule has 0 amide bonds. The zero-order chi connectivity index (χ0) is 23.2. The molecule has 184 valence electrons. The molecule has 2 aromatic rings. The standard InChI is InChI=1S/C26H34FN3O4/c27-22-18-24(26-25(19-22)33-16-17-34-26)30-9-7-28(8-10-30)6-1-13-32-23-4-2-21(3-5-23)20-29-11-14-31-15-12-29/h2-5,18-19H,1,6-17,20H2. The fraction of sp³-hybridized carbons (Fsp3) is 0.538. The van der Waals surface area contributed by atoms with Crippen molar-refractivity contribution in [2.24, 2.45) is 0 Å². The molecule has 8 heteroatoms. The van der Waals surface area contributed by atoms with Gasteiger partial charge >= 0.3 is 0 Å². The Morgan fingerprint density at radius 3 is 2.38 bits per heavy atom. The van der Waals surface area contributed by atoms with Gasteiger partial charge in [-0.2, -0.15) is 0 Å². The molecule has 5 rings (SSSR count). The minimum atomic E-state index is -0.284. The molecule has 0 aliphatic carbocycles. The van der Waals surface area contributed by atoms with Crippen molar-refractivity contribution in [3.63, 3.8) is 0 Å². The average molecular weight is 472 g/mol. The summed E-state index contributed by atoms with van der Waals surface area (Å²) in [6, 6.07) is 11.4. The third-order valence-corrected chi connectivity index (χ3v) is 6.62. The summed E-state index contributed by atoms with van der Waals surface area (Å²) in [5.41, 5.74) is 2.11. The van der Waals surface area contributed by atoms with Gasteiger partial charge in [-0.05, 0) is 24.1 Å². The van der Waals surface area contributed by atoms with Crippen LogP contribution in [-0.2, 0) is 11.3 Å². The lowest BCUT2D eigenvalue weighted by atomic mass is 10.2. The number of anilines is 1. The number of ether oxygens (including phenoxy) is 4. The number of piperazine rings is 1. The van der Waals surface area contributed by atoms with Crippen molar-refractivity contribution in [2.75, 3.05) is 83.7 Å². The summed E-state index contributed by atoms with van der Waals surface area (Å²) >= 11 is 0. The number of hydrogen-bond donors (Lipinski definition) is 0. The summed E-state index contributed by atoms with van der Waals surface area (Å²) in [6.45, 7) is 10.8. The number of hydrogen-bond acceptors (Lipinski definition) is 7. The lowest BCUT2D eigenvalue weighted by Gasteiger charge is -2.37. The van der Waals surface area contributed by atoms with Gasteiger partial charge in [0.05, 0.1) is 25.5 Å². The minimum absolute atomic E-state index is 0.284. The van der Waals surface area contributed by atoms with Gasteiger partial charge in [-0.15, -0.1) is 0 Å². The van der Waals surface area contributed by atoms with Crippen LogP contribution >= 0.6 is 0 Å². The zero-order valence-electron chi connectivity index (χ0n) is 19.7. The van der Waals surface area contributed by atoms with Crippen molar-refractivity contribution in [3.05, 3.63) is 47.8 Å². The van der Waals surface area contributed by atoms with E-state index in [0.717, 1.165) is 83.4 Å². The maximum atomic E-state index is 14.1. The van der Waals surface area contributed by atoms with Crippen molar-refractivity contribution >= 4 is 5.69 Å². The Morgan fingerprint density at radius 2 is 1.59 bits per heavy atom. The Balaban J connectivity index is 1.02. The first-order valence-electron chi connectivity index (χ1n) is 12.3. The first-order chi connectivity index (χ1) is 16.7. The molecule has 7 nitrogen and oxygen atoms in total. The van der Waals surface area contributed by atoms with Gasteiger partial charge in [0.15, 0.2) is 11.5 Å². The Kier molecular flexibility index (Phi) is 7.68. The summed E-state index contributed by atoms with van der Waals surface area (Å²) in [7, 11) is 0. The summed E-state index contributed by atoms with van der Waals surface area (Å²) in [4.78, 5) is 7.05. The van der Waals surface area contributed by atoms with Gasteiger partial charge in [0.1, 0.15) is 24.8 Å². The minimum Gasteiger partial charge on any atom is -0.494 e. The van der Waals surface area contributed by atoms with Gasteiger partial charge in [-0.25, -0.2) is 4.39 Å². The molecular formula is C26H34FN3O4. The van der Waals surface area contributed by atoms with Crippen LogP contribution in [0.3, 0.4) is 0 Å². The number of benzene rings is 2. The molecular weight excluding hydrogens is 437 g/mol. The number of morpholine rings is 1. The molecule has 34 heavy (non-hydrogen) atoms. The third kappa shape index (κ3) is 5.92. The summed E-state index contributed by atoms with van der Waals surface area (Å²) in [6.07, 6.45) is 0.974. The normalized spacial score (nSPS) is 19.3. The molecule has 0 bridgehead atoms. The predicted molar refractivity (Wildman–Crippen MR) is 129 cm³/mol. The Labute approximate surface area is 200 Å². The van der Waals surface area contributed by atoms with E-state index in [9.17, 15) is 4.39 Å².